The van der Waals surface area contributed by atoms with Crippen LogP contribution in [0.15, 0.2) is 24.3 Å². The van der Waals surface area contributed by atoms with Gasteiger partial charge < -0.3 is 20.9 Å². The van der Waals surface area contributed by atoms with E-state index in [1.165, 1.54) is 4.90 Å². The number of nitrogens with two attached hydrogens (primary N) is 1. The molecule has 0 spiro atoms. The fraction of sp³-hybridized carbons (Fsp3) is 0.462. The molecule has 0 unspecified atom stereocenters. The average molecular weight is 302 g/mol. The minimum Gasteiger partial charge on any atom is -0.399 e. The number of carbonyl (C=O) groups excluding carboxylic acids is 1. The van der Waals surface area contributed by atoms with Crippen LogP contribution in [0.2, 0.25) is 0 Å². The highest BCUT2D eigenvalue weighted by molar-refractivity contribution is 5.74. The molecule has 1 saturated heterocycles. The molecule has 1 aromatic carbocycles. The summed E-state index contributed by atoms with van der Waals surface area (Å²) >= 11 is 0. The van der Waals surface area contributed by atoms with Crippen LogP contribution in [0.1, 0.15) is 0 Å². The molecule has 5 nitrogen and oxygen atoms in total. The molecule has 0 saturated carbocycles. The number of urea groups is 1. The Bertz CT molecular complexity index is 498. The van der Waals surface area contributed by atoms with Crippen LogP contribution in [0.5, 0.6) is 0 Å². The van der Waals surface area contributed by atoms with Crippen molar-refractivity contribution in [3.05, 3.63) is 24.3 Å². The lowest BCUT2D eigenvalue weighted by Crippen LogP contribution is -2.53. The van der Waals surface area contributed by atoms with Gasteiger partial charge in [0.05, 0.1) is 0 Å². The lowest BCUT2D eigenvalue weighted by Gasteiger charge is -2.36. The predicted octanol–water partition coefficient (Wildman–Crippen LogP) is 1.66. The van der Waals surface area contributed by atoms with Crippen LogP contribution >= 0.6 is 0 Å². The number of benzene rings is 1. The summed E-state index contributed by atoms with van der Waals surface area (Å²) in [5.41, 5.74) is 7.31. The number of alkyl halides is 3. The van der Waals surface area contributed by atoms with E-state index in [-0.39, 0.29) is 0 Å². The van der Waals surface area contributed by atoms with E-state index in [1.807, 2.05) is 28.4 Å². The van der Waals surface area contributed by atoms with Gasteiger partial charge in [0.2, 0.25) is 0 Å². The number of halogens is 3. The third-order valence-electron chi connectivity index (χ3n) is 3.24. The van der Waals surface area contributed by atoms with Crippen molar-refractivity contribution in [1.29, 1.82) is 0 Å². The van der Waals surface area contributed by atoms with Crippen molar-refractivity contribution in [3.8, 4) is 0 Å². The topological polar surface area (TPSA) is 61.6 Å². The SMILES string of the molecule is Nc1cccc(N2CCN(C(=O)NCC(F)(F)F)CC2)c1. The van der Waals surface area contributed by atoms with Crippen molar-refractivity contribution in [2.75, 3.05) is 43.4 Å². The standard InChI is InChI=1S/C13H17F3N4O/c14-13(15,16)9-18-12(21)20-6-4-19(5-7-20)11-3-1-2-10(17)8-11/h1-3,8H,4-7,9,17H2,(H,18,21). The number of nitrogen functional groups attached to an aromatic ring is 1. The minimum atomic E-state index is -4.39. The summed E-state index contributed by atoms with van der Waals surface area (Å²) in [7, 11) is 0. The Labute approximate surface area is 120 Å². The van der Waals surface area contributed by atoms with E-state index in [1.54, 1.807) is 6.07 Å². The summed E-state index contributed by atoms with van der Waals surface area (Å²) in [6.07, 6.45) is -4.39. The van der Waals surface area contributed by atoms with Crippen LogP contribution in [-0.4, -0.2) is 49.8 Å². The van der Waals surface area contributed by atoms with E-state index in [0.717, 1.165) is 5.69 Å². The molecular formula is C13H17F3N4O. The van der Waals surface area contributed by atoms with Crippen molar-refractivity contribution in [2.24, 2.45) is 0 Å². The maximum absolute atomic E-state index is 12.1. The Kier molecular flexibility index (Phi) is 4.44. The molecule has 0 radical (unpaired) electrons. The summed E-state index contributed by atoms with van der Waals surface area (Å²) < 4.78 is 36.2. The molecule has 0 bridgehead atoms. The lowest BCUT2D eigenvalue weighted by molar-refractivity contribution is -0.123. The number of piperazine rings is 1. The van der Waals surface area contributed by atoms with E-state index in [2.05, 4.69) is 0 Å². The number of nitrogens with zero attached hydrogens (tertiary/aromatic N) is 2. The molecule has 1 aromatic rings. The van der Waals surface area contributed by atoms with Gasteiger partial charge in [0, 0.05) is 37.6 Å². The first-order valence-corrected chi connectivity index (χ1v) is 6.55. The van der Waals surface area contributed by atoms with E-state index >= 15 is 0 Å². The molecule has 8 heteroatoms. The van der Waals surface area contributed by atoms with Crippen LogP contribution in [0, 0.1) is 0 Å². The largest absolute Gasteiger partial charge is 0.405 e. The third kappa shape index (κ3) is 4.44. The summed E-state index contributed by atoms with van der Waals surface area (Å²) in [4.78, 5) is 15.0. The normalized spacial score (nSPS) is 16.0. The Hall–Kier alpha value is -2.12. The molecule has 21 heavy (non-hydrogen) atoms. The molecule has 0 aromatic heterocycles. The number of hydrogen-bond donors (Lipinski definition) is 2. The van der Waals surface area contributed by atoms with Crippen LogP contribution < -0.4 is 16.0 Å². The molecule has 0 aliphatic carbocycles. The van der Waals surface area contributed by atoms with Crippen LogP contribution in [0.25, 0.3) is 0 Å². The van der Waals surface area contributed by atoms with Gasteiger partial charge in [0.1, 0.15) is 6.54 Å². The number of amides is 2. The quantitative estimate of drug-likeness (QED) is 0.817. The highest BCUT2D eigenvalue weighted by Gasteiger charge is 2.29. The molecule has 1 aliphatic rings. The van der Waals surface area contributed by atoms with Gasteiger partial charge in [0.25, 0.3) is 0 Å². The average Bonchev–Trinajstić information content (AvgIpc) is 2.44. The summed E-state index contributed by atoms with van der Waals surface area (Å²) in [5.74, 6) is 0. The number of anilines is 2. The zero-order chi connectivity index (χ0) is 15.5. The Morgan fingerprint density at radius 1 is 1.24 bits per heavy atom. The van der Waals surface area contributed by atoms with Crippen LogP contribution in [-0.2, 0) is 0 Å². The summed E-state index contributed by atoms with van der Waals surface area (Å²) in [6.45, 7) is 0.560. The second kappa shape index (κ2) is 6.11. The first-order valence-electron chi connectivity index (χ1n) is 6.55. The second-order valence-corrected chi connectivity index (χ2v) is 4.84. The zero-order valence-electron chi connectivity index (χ0n) is 11.4. The van der Waals surface area contributed by atoms with Crippen molar-refractivity contribution >= 4 is 17.4 Å². The zero-order valence-corrected chi connectivity index (χ0v) is 11.4. The molecular weight excluding hydrogens is 285 g/mol. The second-order valence-electron chi connectivity index (χ2n) is 4.84. The highest BCUT2D eigenvalue weighted by atomic mass is 19.4. The Morgan fingerprint density at radius 2 is 1.90 bits per heavy atom. The van der Waals surface area contributed by atoms with Crippen LogP contribution in [0.4, 0.5) is 29.3 Å². The minimum absolute atomic E-state index is 0.374. The molecule has 116 valence electrons. The fourth-order valence-electron chi connectivity index (χ4n) is 2.18. The third-order valence-corrected chi connectivity index (χ3v) is 3.24. The number of carbonyl (C=O) groups is 1. The summed E-state index contributed by atoms with van der Waals surface area (Å²) in [6, 6.07) is 6.69. The van der Waals surface area contributed by atoms with E-state index < -0.39 is 18.8 Å². The van der Waals surface area contributed by atoms with Gasteiger partial charge in [-0.25, -0.2) is 4.79 Å². The lowest BCUT2D eigenvalue weighted by atomic mass is 10.2. The molecule has 0 atom stereocenters. The van der Waals surface area contributed by atoms with Gasteiger partial charge in [-0.05, 0) is 18.2 Å². The van der Waals surface area contributed by atoms with E-state index in [0.29, 0.717) is 31.9 Å². The van der Waals surface area contributed by atoms with Gasteiger partial charge in [-0.2, -0.15) is 13.2 Å². The Balaban J connectivity index is 1.84. The van der Waals surface area contributed by atoms with Gasteiger partial charge >= 0.3 is 12.2 Å². The maximum Gasteiger partial charge on any atom is 0.405 e. The van der Waals surface area contributed by atoms with Gasteiger partial charge in [-0.15, -0.1) is 0 Å². The Morgan fingerprint density at radius 3 is 2.48 bits per heavy atom. The van der Waals surface area contributed by atoms with Crippen molar-refractivity contribution in [1.82, 2.24) is 10.2 Å². The summed E-state index contributed by atoms with van der Waals surface area (Å²) in [5, 5.41) is 1.88. The van der Waals surface area contributed by atoms with Crippen LogP contribution in [0.3, 0.4) is 0 Å². The number of hydrogen-bond acceptors (Lipinski definition) is 3. The van der Waals surface area contributed by atoms with Gasteiger partial charge in [0.15, 0.2) is 0 Å². The highest BCUT2D eigenvalue weighted by Crippen LogP contribution is 2.19. The van der Waals surface area contributed by atoms with Gasteiger partial charge in [-0.3, -0.25) is 0 Å². The smallest absolute Gasteiger partial charge is 0.399 e. The first kappa shape index (κ1) is 15.3. The van der Waals surface area contributed by atoms with Crippen molar-refractivity contribution in [2.45, 2.75) is 6.18 Å². The molecule has 1 heterocycles. The maximum atomic E-state index is 12.1. The molecule has 2 rings (SSSR count). The molecule has 3 N–H and O–H groups in total. The van der Waals surface area contributed by atoms with E-state index in [9.17, 15) is 18.0 Å². The van der Waals surface area contributed by atoms with Crippen molar-refractivity contribution in [3.63, 3.8) is 0 Å². The first-order chi connectivity index (χ1) is 9.85. The van der Waals surface area contributed by atoms with Crippen molar-refractivity contribution < 1.29 is 18.0 Å². The van der Waals surface area contributed by atoms with Gasteiger partial charge in [-0.1, -0.05) is 6.07 Å². The number of nitrogens with one attached hydrogen (secondary N) is 1. The predicted molar refractivity (Wildman–Crippen MR) is 74.1 cm³/mol. The molecule has 1 fully saturated rings. The fourth-order valence-corrected chi connectivity index (χ4v) is 2.18. The molecule has 1 aliphatic heterocycles. The monoisotopic (exact) mass is 302 g/mol. The molecule has 2 amide bonds. The number of rotatable bonds is 2. The van der Waals surface area contributed by atoms with E-state index in [4.69, 9.17) is 5.73 Å².